The van der Waals surface area contributed by atoms with E-state index < -0.39 is 12.1 Å². The zero-order valence-corrected chi connectivity index (χ0v) is 9.67. The van der Waals surface area contributed by atoms with Gasteiger partial charge in [0.05, 0.1) is 6.04 Å². The van der Waals surface area contributed by atoms with E-state index >= 15 is 0 Å². The van der Waals surface area contributed by atoms with Crippen molar-refractivity contribution in [1.29, 1.82) is 0 Å². The van der Waals surface area contributed by atoms with Crippen molar-refractivity contribution in [3.63, 3.8) is 0 Å². The van der Waals surface area contributed by atoms with Crippen LogP contribution < -0.4 is 16.4 Å². The number of nitrogens with two attached hydrogens (primary N) is 1. The second-order valence-electron chi connectivity index (χ2n) is 3.59. The maximum atomic E-state index is 11.5. The highest BCUT2D eigenvalue weighted by Crippen LogP contribution is 1.98. The molecule has 0 aromatic rings. The Hall–Kier alpha value is -1.10. The van der Waals surface area contributed by atoms with Gasteiger partial charge in [-0.2, -0.15) is 0 Å². The van der Waals surface area contributed by atoms with Crippen LogP contribution in [0.2, 0.25) is 0 Å². The number of hydrogen-bond donors (Lipinski definition) is 3. The summed E-state index contributed by atoms with van der Waals surface area (Å²) in [5.74, 6) is -0.481. The summed E-state index contributed by atoms with van der Waals surface area (Å²) in [6, 6.07) is -1.05. The molecule has 4 N–H and O–H groups in total. The van der Waals surface area contributed by atoms with Gasteiger partial charge in [0.15, 0.2) is 0 Å². The second kappa shape index (κ2) is 7.23. The summed E-state index contributed by atoms with van der Waals surface area (Å²) in [4.78, 5) is 22.6. The molecule has 0 aliphatic heterocycles. The van der Waals surface area contributed by atoms with Crippen molar-refractivity contribution in [2.24, 2.45) is 5.73 Å². The van der Waals surface area contributed by atoms with Crippen LogP contribution in [0.25, 0.3) is 0 Å². The van der Waals surface area contributed by atoms with E-state index in [1.54, 1.807) is 6.92 Å². The van der Waals surface area contributed by atoms with E-state index in [1.165, 1.54) is 7.05 Å². The van der Waals surface area contributed by atoms with E-state index in [2.05, 4.69) is 10.6 Å². The molecule has 5 heteroatoms. The lowest BCUT2D eigenvalue weighted by atomic mass is 10.1. The average molecular weight is 215 g/mol. The molecule has 0 heterocycles. The lowest BCUT2D eigenvalue weighted by Crippen LogP contribution is -2.49. The predicted molar refractivity (Wildman–Crippen MR) is 59.2 cm³/mol. The van der Waals surface area contributed by atoms with Crippen molar-refractivity contribution in [2.75, 3.05) is 7.05 Å². The highest BCUT2D eigenvalue weighted by molar-refractivity contribution is 5.89. The van der Waals surface area contributed by atoms with Gasteiger partial charge in [0.1, 0.15) is 6.04 Å². The van der Waals surface area contributed by atoms with Crippen molar-refractivity contribution in [3.05, 3.63) is 0 Å². The molecule has 0 aliphatic rings. The first-order chi connectivity index (χ1) is 7.02. The fourth-order valence-corrected chi connectivity index (χ4v) is 1.16. The molecule has 0 saturated heterocycles. The number of nitrogens with one attached hydrogen (secondary N) is 2. The van der Waals surface area contributed by atoms with Crippen molar-refractivity contribution in [1.82, 2.24) is 10.6 Å². The zero-order valence-electron chi connectivity index (χ0n) is 9.67. The molecule has 0 spiro atoms. The summed E-state index contributed by atoms with van der Waals surface area (Å²) in [6.45, 7) is 3.67. The Morgan fingerprint density at radius 3 is 2.40 bits per heavy atom. The van der Waals surface area contributed by atoms with Gasteiger partial charge in [-0.15, -0.1) is 0 Å². The molecule has 0 saturated carbocycles. The van der Waals surface area contributed by atoms with Gasteiger partial charge in [-0.1, -0.05) is 19.8 Å². The highest BCUT2D eigenvalue weighted by atomic mass is 16.2. The van der Waals surface area contributed by atoms with Gasteiger partial charge in [0, 0.05) is 7.05 Å². The fourth-order valence-electron chi connectivity index (χ4n) is 1.16. The molecule has 88 valence electrons. The molecule has 0 radical (unpaired) electrons. The standard InChI is InChI=1S/C10H21N3O2/c1-4-5-6-8(11)10(15)13-7(2)9(14)12-3/h7-8H,4-6,11H2,1-3H3,(H,12,14)(H,13,15)/t7?,8-/m0/s1. The van der Waals surface area contributed by atoms with E-state index in [1.807, 2.05) is 6.92 Å². The van der Waals surface area contributed by atoms with Crippen LogP contribution in [0, 0.1) is 0 Å². The summed E-state index contributed by atoms with van der Waals surface area (Å²) in [6.07, 6.45) is 2.58. The first-order valence-electron chi connectivity index (χ1n) is 5.30. The van der Waals surface area contributed by atoms with Gasteiger partial charge in [-0.05, 0) is 13.3 Å². The SMILES string of the molecule is CCCC[C@H](N)C(=O)NC(C)C(=O)NC. The molecular weight excluding hydrogens is 194 g/mol. The smallest absolute Gasteiger partial charge is 0.242 e. The van der Waals surface area contributed by atoms with E-state index in [-0.39, 0.29) is 11.8 Å². The van der Waals surface area contributed by atoms with Gasteiger partial charge in [0.25, 0.3) is 0 Å². The second-order valence-corrected chi connectivity index (χ2v) is 3.59. The molecule has 0 aromatic carbocycles. The number of unbranched alkanes of at least 4 members (excludes halogenated alkanes) is 1. The molecule has 15 heavy (non-hydrogen) atoms. The summed E-state index contributed by atoms with van der Waals surface area (Å²) in [7, 11) is 1.53. The van der Waals surface area contributed by atoms with Crippen LogP contribution in [0.1, 0.15) is 33.1 Å². The van der Waals surface area contributed by atoms with Crippen molar-refractivity contribution < 1.29 is 9.59 Å². The molecule has 5 nitrogen and oxygen atoms in total. The predicted octanol–water partition coefficient (Wildman–Crippen LogP) is -0.245. The summed E-state index contributed by atoms with van der Waals surface area (Å²) in [5.41, 5.74) is 5.65. The largest absolute Gasteiger partial charge is 0.357 e. The molecule has 0 aromatic heterocycles. The van der Waals surface area contributed by atoms with E-state index in [4.69, 9.17) is 5.73 Å². The van der Waals surface area contributed by atoms with Gasteiger partial charge < -0.3 is 16.4 Å². The van der Waals surface area contributed by atoms with Crippen molar-refractivity contribution >= 4 is 11.8 Å². The maximum absolute atomic E-state index is 11.5. The third-order valence-corrected chi connectivity index (χ3v) is 2.20. The molecular formula is C10H21N3O2. The Morgan fingerprint density at radius 2 is 1.93 bits per heavy atom. The normalized spacial score (nSPS) is 14.1. The van der Waals surface area contributed by atoms with Gasteiger partial charge >= 0.3 is 0 Å². The minimum atomic E-state index is -0.532. The Kier molecular flexibility index (Phi) is 6.70. The number of carbonyl (C=O) groups is 2. The summed E-state index contributed by atoms with van der Waals surface area (Å²) >= 11 is 0. The first-order valence-corrected chi connectivity index (χ1v) is 5.30. The fraction of sp³-hybridized carbons (Fsp3) is 0.800. The minimum absolute atomic E-state index is 0.217. The highest BCUT2D eigenvalue weighted by Gasteiger charge is 2.18. The zero-order chi connectivity index (χ0) is 11.8. The van der Waals surface area contributed by atoms with Gasteiger partial charge in [-0.25, -0.2) is 0 Å². The molecule has 1 unspecified atom stereocenters. The third-order valence-electron chi connectivity index (χ3n) is 2.20. The summed E-state index contributed by atoms with van der Waals surface area (Å²) < 4.78 is 0. The summed E-state index contributed by atoms with van der Waals surface area (Å²) in [5, 5.41) is 5.02. The van der Waals surface area contributed by atoms with Crippen LogP contribution >= 0.6 is 0 Å². The van der Waals surface area contributed by atoms with E-state index in [9.17, 15) is 9.59 Å². The van der Waals surface area contributed by atoms with E-state index in [0.717, 1.165) is 12.8 Å². The quantitative estimate of drug-likeness (QED) is 0.571. The monoisotopic (exact) mass is 215 g/mol. The van der Waals surface area contributed by atoms with Crippen LogP contribution in [0.4, 0.5) is 0 Å². The molecule has 0 rings (SSSR count). The molecule has 2 atom stereocenters. The van der Waals surface area contributed by atoms with Crippen molar-refractivity contribution in [2.45, 2.75) is 45.2 Å². The van der Waals surface area contributed by atoms with Crippen molar-refractivity contribution in [3.8, 4) is 0 Å². The molecule has 0 bridgehead atoms. The van der Waals surface area contributed by atoms with Crippen LogP contribution in [0.3, 0.4) is 0 Å². The average Bonchev–Trinajstić information content (AvgIpc) is 2.24. The number of amides is 2. The topological polar surface area (TPSA) is 84.2 Å². The van der Waals surface area contributed by atoms with Crippen LogP contribution in [-0.4, -0.2) is 30.9 Å². The first kappa shape index (κ1) is 13.9. The number of rotatable bonds is 6. The Balaban J connectivity index is 3.95. The Morgan fingerprint density at radius 1 is 1.33 bits per heavy atom. The molecule has 2 amide bonds. The third kappa shape index (κ3) is 5.37. The van der Waals surface area contributed by atoms with Gasteiger partial charge in [0.2, 0.25) is 11.8 Å². The van der Waals surface area contributed by atoms with E-state index in [0.29, 0.717) is 6.42 Å². The van der Waals surface area contributed by atoms with Crippen LogP contribution in [0.5, 0.6) is 0 Å². The lowest BCUT2D eigenvalue weighted by Gasteiger charge is -2.16. The Bertz CT molecular complexity index is 219. The number of likely N-dealkylation sites (N-methyl/N-ethyl adjacent to an activating group) is 1. The van der Waals surface area contributed by atoms with Crippen LogP contribution in [-0.2, 0) is 9.59 Å². The molecule has 0 aliphatic carbocycles. The number of carbonyl (C=O) groups excluding carboxylic acids is 2. The minimum Gasteiger partial charge on any atom is -0.357 e. The number of hydrogen-bond acceptors (Lipinski definition) is 3. The van der Waals surface area contributed by atoms with Crippen LogP contribution in [0.15, 0.2) is 0 Å². The van der Waals surface area contributed by atoms with Gasteiger partial charge in [-0.3, -0.25) is 9.59 Å². The Labute approximate surface area is 90.8 Å². The maximum Gasteiger partial charge on any atom is 0.242 e. The lowest BCUT2D eigenvalue weighted by molar-refractivity contribution is -0.129. The molecule has 0 fully saturated rings.